The average molecular weight is 568 g/mol. The molecule has 2 aromatic carbocycles. The number of ether oxygens (including phenoxy) is 1. The minimum atomic E-state index is -0.512. The Hall–Kier alpha value is -2.77. The van der Waals surface area contributed by atoms with Crippen molar-refractivity contribution in [2.24, 2.45) is 22.7 Å². The first-order valence-corrected chi connectivity index (χ1v) is 16.0. The second-order valence-corrected chi connectivity index (χ2v) is 14.8. The lowest BCUT2D eigenvalue weighted by atomic mass is 9.43. The van der Waals surface area contributed by atoms with E-state index < -0.39 is 7.12 Å². The standard InChI is InChI=1S/C35H42BNO5/c1-33(2)25-17-29(33)34(3)30(18-25)41-36(42-34)31(16-24-20-39-27-9-5-4-8-26(24)27)37-32(38)15-22-10-11-23-19-35(12-6-7-13-35)21-40-28(23)14-22/h4-5,8-11,14,20,25,29-31H,6-7,12-13,15-19,21H2,1-3H3,(H,37,38)/t25-,29-,30+,31-,34-/m0/s1. The number of carbonyl (C=O) groups excluding carboxylic acids is 1. The summed E-state index contributed by atoms with van der Waals surface area (Å²) in [6.07, 6.45) is 11.2. The van der Waals surface area contributed by atoms with Gasteiger partial charge in [-0.3, -0.25) is 4.79 Å². The van der Waals surface area contributed by atoms with Crippen molar-refractivity contribution in [3.05, 3.63) is 65.4 Å². The molecule has 220 valence electrons. The van der Waals surface area contributed by atoms with Gasteiger partial charge in [0, 0.05) is 10.8 Å². The molecule has 0 unspecified atom stereocenters. The largest absolute Gasteiger partial charge is 0.493 e. The van der Waals surface area contributed by atoms with E-state index in [0.29, 0.717) is 23.7 Å². The summed E-state index contributed by atoms with van der Waals surface area (Å²) < 4.78 is 25.6. The van der Waals surface area contributed by atoms with Crippen LogP contribution in [0.15, 0.2) is 53.1 Å². The number of amides is 1. The monoisotopic (exact) mass is 567 g/mol. The first-order valence-electron chi connectivity index (χ1n) is 16.0. The van der Waals surface area contributed by atoms with Crippen LogP contribution in [0.3, 0.4) is 0 Å². The summed E-state index contributed by atoms with van der Waals surface area (Å²) >= 11 is 0. The molecule has 1 N–H and O–H groups in total. The molecule has 1 saturated heterocycles. The first-order chi connectivity index (χ1) is 20.2. The topological polar surface area (TPSA) is 69.9 Å². The van der Waals surface area contributed by atoms with E-state index in [0.717, 1.165) is 47.3 Å². The van der Waals surface area contributed by atoms with Gasteiger partial charge in [-0.15, -0.1) is 0 Å². The van der Waals surface area contributed by atoms with Gasteiger partial charge in [0.25, 0.3) is 0 Å². The predicted octanol–water partition coefficient (Wildman–Crippen LogP) is 6.47. The molecule has 7 heteroatoms. The van der Waals surface area contributed by atoms with Crippen molar-refractivity contribution >= 4 is 24.0 Å². The fraction of sp³-hybridized carbons (Fsp3) is 0.571. The molecular weight excluding hydrogens is 525 g/mol. The van der Waals surface area contributed by atoms with Crippen LogP contribution in [0.5, 0.6) is 5.75 Å². The van der Waals surface area contributed by atoms with Gasteiger partial charge in [0.2, 0.25) is 5.91 Å². The maximum atomic E-state index is 13.6. The van der Waals surface area contributed by atoms with Gasteiger partial charge in [-0.05, 0) is 91.5 Å². The van der Waals surface area contributed by atoms with E-state index in [-0.39, 0.29) is 35.4 Å². The van der Waals surface area contributed by atoms with Gasteiger partial charge < -0.3 is 23.8 Å². The Bertz CT molecular complexity index is 1520. The molecule has 4 aliphatic carbocycles. The quantitative estimate of drug-likeness (QED) is 0.346. The van der Waals surface area contributed by atoms with Gasteiger partial charge in [0.1, 0.15) is 11.3 Å². The number of para-hydroxylation sites is 1. The van der Waals surface area contributed by atoms with Gasteiger partial charge >= 0.3 is 7.12 Å². The highest BCUT2D eigenvalue weighted by atomic mass is 16.7. The maximum Gasteiger partial charge on any atom is 0.482 e. The van der Waals surface area contributed by atoms with Crippen LogP contribution in [0.4, 0.5) is 0 Å². The summed E-state index contributed by atoms with van der Waals surface area (Å²) in [5.41, 5.74) is 4.39. The highest BCUT2D eigenvalue weighted by molar-refractivity contribution is 6.48. The second-order valence-electron chi connectivity index (χ2n) is 14.8. The molecule has 1 spiro atoms. The summed E-state index contributed by atoms with van der Waals surface area (Å²) in [4.78, 5) is 13.6. The Kier molecular flexibility index (Phi) is 6.15. The predicted molar refractivity (Wildman–Crippen MR) is 162 cm³/mol. The molecule has 5 fully saturated rings. The number of carbonyl (C=O) groups is 1. The number of benzene rings is 2. The molecule has 1 aromatic heterocycles. The molecule has 6 nitrogen and oxygen atoms in total. The first kappa shape index (κ1) is 26.8. The number of furan rings is 1. The van der Waals surface area contributed by atoms with Crippen LogP contribution >= 0.6 is 0 Å². The van der Waals surface area contributed by atoms with Crippen molar-refractivity contribution in [3.8, 4) is 5.75 Å². The minimum absolute atomic E-state index is 0.0346. The van der Waals surface area contributed by atoms with Crippen molar-refractivity contribution in [1.29, 1.82) is 0 Å². The Labute approximate surface area is 249 Å². The molecule has 2 bridgehead atoms. The molecule has 1 amide bonds. The lowest BCUT2D eigenvalue weighted by Gasteiger charge is -2.64. The van der Waals surface area contributed by atoms with Gasteiger partial charge in [-0.2, -0.15) is 0 Å². The summed E-state index contributed by atoms with van der Waals surface area (Å²) in [6.45, 7) is 7.77. The van der Waals surface area contributed by atoms with E-state index >= 15 is 0 Å². The van der Waals surface area contributed by atoms with Crippen LogP contribution in [-0.2, 0) is 33.4 Å². The van der Waals surface area contributed by atoms with Crippen LogP contribution in [0.1, 0.15) is 76.0 Å². The molecule has 4 saturated carbocycles. The summed E-state index contributed by atoms with van der Waals surface area (Å²) in [5.74, 6) is 1.71. The third-order valence-corrected chi connectivity index (χ3v) is 11.9. The minimum Gasteiger partial charge on any atom is -0.493 e. The SMILES string of the molecule is CC1(C)[C@@H]2C[C@H]3OB([C@H](Cc4coc5ccccc45)NC(=O)Cc4ccc5c(c4)OCC4(CCCC4)C5)O[C@@]3(C)[C@H]1C2. The zero-order valence-corrected chi connectivity index (χ0v) is 25.1. The number of fused-ring (bicyclic) bond motifs is 2. The van der Waals surface area contributed by atoms with E-state index in [1.807, 2.05) is 24.5 Å². The fourth-order valence-corrected chi connectivity index (χ4v) is 9.28. The van der Waals surface area contributed by atoms with Gasteiger partial charge in [0.15, 0.2) is 0 Å². The van der Waals surface area contributed by atoms with Gasteiger partial charge in [0.05, 0.1) is 36.9 Å². The van der Waals surface area contributed by atoms with Crippen molar-refractivity contribution in [2.45, 2.75) is 96.2 Å². The van der Waals surface area contributed by atoms with E-state index in [9.17, 15) is 4.79 Å². The molecular formula is C35H42BNO5. The van der Waals surface area contributed by atoms with Gasteiger partial charge in [-0.1, -0.05) is 57.0 Å². The third-order valence-electron chi connectivity index (χ3n) is 11.9. The molecule has 3 heterocycles. The molecule has 9 rings (SSSR count). The number of rotatable bonds is 6. The lowest BCUT2D eigenvalue weighted by molar-refractivity contribution is -0.199. The molecule has 2 aliphatic heterocycles. The summed E-state index contributed by atoms with van der Waals surface area (Å²) in [5, 5.41) is 4.40. The molecule has 42 heavy (non-hydrogen) atoms. The van der Waals surface area contributed by atoms with Crippen molar-refractivity contribution in [3.63, 3.8) is 0 Å². The molecule has 0 radical (unpaired) electrons. The normalized spacial score (nSPS) is 30.8. The number of nitrogens with one attached hydrogen (secondary N) is 1. The zero-order valence-electron chi connectivity index (χ0n) is 25.1. The number of hydrogen-bond donors (Lipinski definition) is 1. The Morgan fingerprint density at radius 1 is 1.10 bits per heavy atom. The van der Waals surface area contributed by atoms with Crippen molar-refractivity contribution < 1.29 is 23.3 Å². The van der Waals surface area contributed by atoms with E-state index in [1.54, 1.807) is 0 Å². The summed E-state index contributed by atoms with van der Waals surface area (Å²) in [6, 6.07) is 14.4. The second kappa shape index (κ2) is 9.62. The van der Waals surface area contributed by atoms with E-state index in [4.69, 9.17) is 18.5 Å². The number of hydrogen-bond acceptors (Lipinski definition) is 5. The molecule has 6 aliphatic rings. The highest BCUT2D eigenvalue weighted by Gasteiger charge is 2.68. The van der Waals surface area contributed by atoms with E-state index in [1.165, 1.54) is 37.7 Å². The molecule has 3 aromatic rings. The third kappa shape index (κ3) is 4.25. The average Bonchev–Trinajstić information content (AvgIpc) is 3.69. The zero-order chi connectivity index (χ0) is 28.7. The van der Waals surface area contributed by atoms with Crippen LogP contribution in [0, 0.1) is 22.7 Å². The van der Waals surface area contributed by atoms with Crippen LogP contribution in [0.25, 0.3) is 11.0 Å². The molecule has 5 atom stereocenters. The Morgan fingerprint density at radius 3 is 2.76 bits per heavy atom. The summed E-state index contributed by atoms with van der Waals surface area (Å²) in [7, 11) is -0.512. The van der Waals surface area contributed by atoms with Crippen LogP contribution in [0.2, 0.25) is 0 Å². The lowest BCUT2D eigenvalue weighted by Crippen LogP contribution is -2.65. The maximum absolute atomic E-state index is 13.6. The Balaban J connectivity index is 1.02. The van der Waals surface area contributed by atoms with Crippen molar-refractivity contribution in [2.75, 3.05) is 6.61 Å². The Morgan fingerprint density at radius 2 is 1.93 bits per heavy atom. The highest BCUT2D eigenvalue weighted by Crippen LogP contribution is 2.65. The van der Waals surface area contributed by atoms with Gasteiger partial charge in [-0.25, -0.2) is 0 Å². The van der Waals surface area contributed by atoms with E-state index in [2.05, 4.69) is 50.4 Å². The van der Waals surface area contributed by atoms with Crippen LogP contribution < -0.4 is 10.1 Å². The van der Waals surface area contributed by atoms with Crippen LogP contribution in [-0.4, -0.2) is 37.3 Å². The fourth-order valence-electron chi connectivity index (χ4n) is 9.28. The smallest absolute Gasteiger partial charge is 0.482 e. The van der Waals surface area contributed by atoms with Crippen molar-refractivity contribution in [1.82, 2.24) is 5.32 Å².